The Balaban J connectivity index is 1.63. The lowest BCUT2D eigenvalue weighted by atomic mass is 10.1. The van der Waals surface area contributed by atoms with Gasteiger partial charge in [0.2, 0.25) is 11.9 Å². The molecule has 1 aliphatic heterocycles. The highest BCUT2D eigenvalue weighted by molar-refractivity contribution is 6.30. The van der Waals surface area contributed by atoms with Crippen LogP contribution in [0.4, 0.5) is 5.95 Å². The number of rotatable bonds is 3. The van der Waals surface area contributed by atoms with Gasteiger partial charge in [-0.15, -0.1) is 0 Å². The lowest BCUT2D eigenvalue weighted by molar-refractivity contribution is -0.129. The number of anilines is 1. The van der Waals surface area contributed by atoms with Crippen molar-refractivity contribution < 1.29 is 4.79 Å². The summed E-state index contributed by atoms with van der Waals surface area (Å²) in [5.41, 5.74) is 2.24. The first kappa shape index (κ1) is 19.4. The summed E-state index contributed by atoms with van der Waals surface area (Å²) in [7, 11) is 1.74. The molecular weight excluding hydrogens is 390 g/mol. The van der Waals surface area contributed by atoms with Crippen LogP contribution in [0.15, 0.2) is 41.3 Å². The molecule has 3 aromatic rings. The predicted molar refractivity (Wildman–Crippen MR) is 114 cm³/mol. The molecular formula is C21H22ClN5O2. The molecule has 0 unspecified atom stereocenters. The SMILES string of the molecule is CC(=O)N1CCN(c2ncc3cc(Cc4ccc(Cl)cc4)c(=O)n(C)c3n2)CC1. The van der Waals surface area contributed by atoms with Crippen LogP contribution < -0.4 is 10.5 Å². The van der Waals surface area contributed by atoms with Gasteiger partial charge in [-0.2, -0.15) is 4.98 Å². The monoisotopic (exact) mass is 411 g/mol. The number of benzene rings is 1. The number of halogens is 1. The van der Waals surface area contributed by atoms with Gasteiger partial charge in [0.25, 0.3) is 5.56 Å². The maximum Gasteiger partial charge on any atom is 0.255 e. The van der Waals surface area contributed by atoms with Gasteiger partial charge in [0.05, 0.1) is 0 Å². The van der Waals surface area contributed by atoms with Gasteiger partial charge in [0.1, 0.15) is 5.65 Å². The van der Waals surface area contributed by atoms with Crippen LogP contribution in [0.3, 0.4) is 0 Å². The Labute approximate surface area is 173 Å². The minimum atomic E-state index is -0.0708. The van der Waals surface area contributed by atoms with Crippen LogP contribution in [-0.4, -0.2) is 51.5 Å². The smallest absolute Gasteiger partial charge is 0.255 e. The van der Waals surface area contributed by atoms with Crippen molar-refractivity contribution in [2.24, 2.45) is 7.05 Å². The Morgan fingerprint density at radius 2 is 1.83 bits per heavy atom. The average molecular weight is 412 g/mol. The molecule has 0 N–H and O–H groups in total. The summed E-state index contributed by atoms with van der Waals surface area (Å²) in [4.78, 5) is 37.4. The van der Waals surface area contributed by atoms with Crippen molar-refractivity contribution in [3.05, 3.63) is 63.0 Å². The van der Waals surface area contributed by atoms with E-state index in [1.807, 2.05) is 40.1 Å². The van der Waals surface area contributed by atoms with Crippen molar-refractivity contribution in [3.8, 4) is 0 Å². The summed E-state index contributed by atoms with van der Waals surface area (Å²) >= 11 is 5.95. The number of pyridine rings is 1. The molecule has 29 heavy (non-hydrogen) atoms. The molecule has 0 saturated carbocycles. The van der Waals surface area contributed by atoms with E-state index < -0.39 is 0 Å². The molecule has 4 rings (SSSR count). The number of hydrogen-bond acceptors (Lipinski definition) is 5. The van der Waals surface area contributed by atoms with Gasteiger partial charge in [-0.25, -0.2) is 4.98 Å². The predicted octanol–water partition coefficient (Wildman–Crippen LogP) is 2.24. The van der Waals surface area contributed by atoms with Crippen LogP contribution in [0.2, 0.25) is 5.02 Å². The molecule has 0 aliphatic carbocycles. The minimum absolute atomic E-state index is 0.0708. The zero-order valence-electron chi connectivity index (χ0n) is 16.4. The molecule has 8 heteroatoms. The molecule has 1 amide bonds. The third kappa shape index (κ3) is 3.96. The summed E-state index contributed by atoms with van der Waals surface area (Å²) < 4.78 is 1.58. The molecule has 0 radical (unpaired) electrons. The van der Waals surface area contributed by atoms with Gasteiger partial charge in [0, 0.05) is 68.7 Å². The largest absolute Gasteiger partial charge is 0.339 e. The molecule has 1 saturated heterocycles. The second kappa shape index (κ2) is 7.83. The van der Waals surface area contributed by atoms with E-state index in [0.717, 1.165) is 10.9 Å². The number of aryl methyl sites for hydroxylation is 1. The molecule has 150 valence electrons. The van der Waals surface area contributed by atoms with Crippen LogP contribution in [0.25, 0.3) is 11.0 Å². The number of carbonyl (C=O) groups is 1. The summed E-state index contributed by atoms with van der Waals surface area (Å²) in [6.07, 6.45) is 2.29. The minimum Gasteiger partial charge on any atom is -0.339 e. The summed E-state index contributed by atoms with van der Waals surface area (Å²) in [5, 5.41) is 1.49. The van der Waals surface area contributed by atoms with Crippen LogP contribution in [0.5, 0.6) is 0 Å². The van der Waals surface area contributed by atoms with Gasteiger partial charge < -0.3 is 9.80 Å². The van der Waals surface area contributed by atoms with E-state index in [0.29, 0.717) is 54.8 Å². The van der Waals surface area contributed by atoms with Crippen molar-refractivity contribution in [2.45, 2.75) is 13.3 Å². The van der Waals surface area contributed by atoms with Crippen molar-refractivity contribution in [2.75, 3.05) is 31.1 Å². The topological polar surface area (TPSA) is 71.3 Å². The molecule has 1 aromatic carbocycles. The van der Waals surface area contributed by atoms with E-state index in [2.05, 4.69) is 9.97 Å². The number of amides is 1. The number of nitrogens with zero attached hydrogens (tertiary/aromatic N) is 5. The zero-order valence-corrected chi connectivity index (χ0v) is 17.2. The maximum absolute atomic E-state index is 12.9. The second-order valence-electron chi connectivity index (χ2n) is 7.28. The third-order valence-electron chi connectivity index (χ3n) is 5.33. The van der Waals surface area contributed by atoms with Crippen LogP contribution >= 0.6 is 11.6 Å². The fraction of sp³-hybridized carbons (Fsp3) is 0.333. The summed E-state index contributed by atoms with van der Waals surface area (Å²) in [5.74, 6) is 0.667. The van der Waals surface area contributed by atoms with E-state index in [-0.39, 0.29) is 11.5 Å². The maximum atomic E-state index is 12.9. The molecule has 7 nitrogen and oxygen atoms in total. The lowest BCUT2D eigenvalue weighted by Gasteiger charge is -2.34. The number of fused-ring (bicyclic) bond motifs is 1. The van der Waals surface area contributed by atoms with E-state index >= 15 is 0 Å². The fourth-order valence-electron chi connectivity index (χ4n) is 3.63. The van der Waals surface area contributed by atoms with E-state index in [1.54, 1.807) is 24.7 Å². The Hall–Kier alpha value is -2.93. The van der Waals surface area contributed by atoms with Gasteiger partial charge in [-0.05, 0) is 23.8 Å². The number of carbonyl (C=O) groups excluding carboxylic acids is 1. The Morgan fingerprint density at radius 3 is 2.48 bits per heavy atom. The quantitative estimate of drug-likeness (QED) is 0.661. The highest BCUT2D eigenvalue weighted by Gasteiger charge is 2.21. The van der Waals surface area contributed by atoms with Crippen molar-refractivity contribution in [1.29, 1.82) is 0 Å². The average Bonchev–Trinajstić information content (AvgIpc) is 2.73. The van der Waals surface area contributed by atoms with Gasteiger partial charge in [-0.3, -0.25) is 14.2 Å². The molecule has 2 aromatic heterocycles. The highest BCUT2D eigenvalue weighted by atomic mass is 35.5. The molecule has 0 spiro atoms. The number of aromatic nitrogens is 3. The van der Waals surface area contributed by atoms with Crippen LogP contribution in [-0.2, 0) is 18.3 Å². The standard InChI is InChI=1S/C21H22ClN5O2/c1-14(28)26-7-9-27(10-8-26)21-23-13-17-12-16(20(29)25(2)19(17)24-21)11-15-3-5-18(22)6-4-15/h3-6,12-13H,7-11H2,1-2H3. The van der Waals surface area contributed by atoms with Crippen molar-refractivity contribution >= 4 is 34.5 Å². The normalized spacial score (nSPS) is 14.4. The summed E-state index contributed by atoms with van der Waals surface area (Å²) in [6.45, 7) is 4.23. The first-order chi connectivity index (χ1) is 13.9. The number of piperazine rings is 1. The lowest BCUT2D eigenvalue weighted by Crippen LogP contribution is -2.48. The van der Waals surface area contributed by atoms with E-state index in [1.165, 1.54) is 0 Å². The molecule has 1 fully saturated rings. The molecule has 0 bridgehead atoms. The zero-order chi connectivity index (χ0) is 20.5. The van der Waals surface area contributed by atoms with Gasteiger partial charge in [0.15, 0.2) is 0 Å². The third-order valence-corrected chi connectivity index (χ3v) is 5.58. The Bertz CT molecular complexity index is 1120. The van der Waals surface area contributed by atoms with E-state index in [4.69, 9.17) is 11.6 Å². The van der Waals surface area contributed by atoms with Crippen molar-refractivity contribution in [3.63, 3.8) is 0 Å². The molecule has 3 heterocycles. The fourth-order valence-corrected chi connectivity index (χ4v) is 3.75. The first-order valence-corrected chi connectivity index (χ1v) is 9.91. The number of hydrogen-bond donors (Lipinski definition) is 0. The Morgan fingerprint density at radius 1 is 1.14 bits per heavy atom. The van der Waals surface area contributed by atoms with Gasteiger partial charge >= 0.3 is 0 Å². The first-order valence-electron chi connectivity index (χ1n) is 9.53. The Kier molecular flexibility index (Phi) is 5.24. The van der Waals surface area contributed by atoms with Crippen molar-refractivity contribution in [1.82, 2.24) is 19.4 Å². The second-order valence-corrected chi connectivity index (χ2v) is 7.72. The molecule has 1 aliphatic rings. The van der Waals surface area contributed by atoms with Crippen LogP contribution in [0.1, 0.15) is 18.1 Å². The summed E-state index contributed by atoms with van der Waals surface area (Å²) in [6, 6.07) is 9.36. The van der Waals surface area contributed by atoms with Crippen LogP contribution in [0, 0.1) is 0 Å². The van der Waals surface area contributed by atoms with E-state index in [9.17, 15) is 9.59 Å². The molecule has 0 atom stereocenters. The highest BCUT2D eigenvalue weighted by Crippen LogP contribution is 2.18. The van der Waals surface area contributed by atoms with Gasteiger partial charge in [-0.1, -0.05) is 23.7 Å².